The highest BCUT2D eigenvalue weighted by molar-refractivity contribution is 5.99. The number of nitrogens with one attached hydrogen (secondary N) is 1. The summed E-state index contributed by atoms with van der Waals surface area (Å²) in [4.78, 5) is 26.0. The van der Waals surface area contributed by atoms with Crippen molar-refractivity contribution in [3.05, 3.63) is 65.5 Å². The molecule has 0 saturated carbocycles. The maximum Gasteiger partial charge on any atom is 0.251 e. The largest absolute Gasteiger partial charge is 0.347 e. The molecule has 1 N–H and O–H groups in total. The molecule has 1 heterocycles. The zero-order valence-electron chi connectivity index (χ0n) is 12.8. The highest BCUT2D eigenvalue weighted by atomic mass is 19.1. The first-order chi connectivity index (χ1) is 11.0. The summed E-state index contributed by atoms with van der Waals surface area (Å²) in [6.45, 7) is 2.22. The van der Waals surface area contributed by atoms with Gasteiger partial charge in [0, 0.05) is 24.2 Å². The lowest BCUT2D eigenvalue weighted by Gasteiger charge is -2.17. The van der Waals surface area contributed by atoms with Gasteiger partial charge >= 0.3 is 0 Å². The molecule has 5 heteroatoms. The summed E-state index contributed by atoms with van der Waals surface area (Å²) in [7, 11) is 0. The third kappa shape index (κ3) is 3.23. The van der Waals surface area contributed by atoms with Gasteiger partial charge in [-0.2, -0.15) is 0 Å². The number of aryl methyl sites for hydroxylation is 1. The van der Waals surface area contributed by atoms with Crippen LogP contribution in [0.3, 0.4) is 0 Å². The maximum atomic E-state index is 13.3. The Labute approximate surface area is 133 Å². The third-order valence-corrected chi connectivity index (χ3v) is 3.97. The maximum absolute atomic E-state index is 13.3. The molecule has 4 nitrogen and oxygen atoms in total. The predicted molar refractivity (Wildman–Crippen MR) is 85.8 cm³/mol. The summed E-state index contributed by atoms with van der Waals surface area (Å²) in [5.41, 5.74) is 2.00. The lowest BCUT2D eigenvalue weighted by atomic mass is 10.1. The van der Waals surface area contributed by atoms with E-state index in [1.807, 2.05) is 19.1 Å². The standard InChI is InChI=1S/C18H17FN2O2/c1-12-5-2-3-8-16(12)18(23)20-14-10-17(22)21(11-14)15-7-4-6-13(19)9-15/h2-9,14H,10-11H2,1H3,(H,20,23)/t14-/m0/s1. The molecule has 2 aromatic carbocycles. The van der Waals surface area contributed by atoms with Crippen molar-refractivity contribution in [2.75, 3.05) is 11.4 Å². The van der Waals surface area contributed by atoms with Gasteiger partial charge in [0.1, 0.15) is 5.82 Å². The van der Waals surface area contributed by atoms with Crippen LogP contribution in [0.4, 0.5) is 10.1 Å². The number of halogens is 1. The molecule has 118 valence electrons. The molecule has 3 rings (SSSR count). The molecule has 23 heavy (non-hydrogen) atoms. The lowest BCUT2D eigenvalue weighted by molar-refractivity contribution is -0.117. The molecule has 1 aliphatic rings. The van der Waals surface area contributed by atoms with Gasteiger partial charge < -0.3 is 10.2 Å². The zero-order valence-corrected chi connectivity index (χ0v) is 12.8. The van der Waals surface area contributed by atoms with E-state index in [9.17, 15) is 14.0 Å². The molecule has 0 aromatic heterocycles. The summed E-state index contributed by atoms with van der Waals surface area (Å²) in [6, 6.07) is 12.9. The summed E-state index contributed by atoms with van der Waals surface area (Å²) in [5, 5.41) is 2.89. The normalized spacial score (nSPS) is 17.4. The first-order valence-corrected chi connectivity index (χ1v) is 7.47. The average molecular weight is 312 g/mol. The summed E-state index contributed by atoms with van der Waals surface area (Å²) in [6.07, 6.45) is 0.216. The molecule has 2 aromatic rings. The van der Waals surface area contributed by atoms with Gasteiger partial charge in [-0.3, -0.25) is 9.59 Å². The summed E-state index contributed by atoms with van der Waals surface area (Å²) in [5.74, 6) is -0.699. The Bertz CT molecular complexity index is 760. The predicted octanol–water partition coefficient (Wildman–Crippen LogP) is 2.67. The van der Waals surface area contributed by atoms with Gasteiger partial charge in [-0.25, -0.2) is 4.39 Å². The summed E-state index contributed by atoms with van der Waals surface area (Å²) >= 11 is 0. The third-order valence-electron chi connectivity index (χ3n) is 3.97. The van der Waals surface area contributed by atoms with Crippen molar-refractivity contribution in [3.8, 4) is 0 Å². The van der Waals surface area contributed by atoms with Gasteiger partial charge in [0.2, 0.25) is 5.91 Å². The Kier molecular flexibility index (Phi) is 4.10. The smallest absolute Gasteiger partial charge is 0.251 e. The number of anilines is 1. The van der Waals surface area contributed by atoms with E-state index >= 15 is 0 Å². The molecule has 2 amide bonds. The number of carbonyl (C=O) groups is 2. The van der Waals surface area contributed by atoms with Gasteiger partial charge in [-0.15, -0.1) is 0 Å². The molecule has 0 unspecified atom stereocenters. The molecule has 0 radical (unpaired) electrons. The second kappa shape index (κ2) is 6.20. The van der Waals surface area contributed by atoms with Gasteiger partial charge in [0.25, 0.3) is 5.91 Å². The molecule has 1 aliphatic heterocycles. The lowest BCUT2D eigenvalue weighted by Crippen LogP contribution is -2.37. The van der Waals surface area contributed by atoms with Crippen molar-refractivity contribution in [2.45, 2.75) is 19.4 Å². The van der Waals surface area contributed by atoms with Crippen molar-refractivity contribution in [1.29, 1.82) is 0 Å². The van der Waals surface area contributed by atoms with Crippen LogP contribution in [0.2, 0.25) is 0 Å². The van der Waals surface area contributed by atoms with Crippen LogP contribution in [-0.4, -0.2) is 24.4 Å². The van der Waals surface area contributed by atoms with Crippen molar-refractivity contribution in [1.82, 2.24) is 5.32 Å². The highest BCUT2D eigenvalue weighted by Crippen LogP contribution is 2.22. The molecule has 0 spiro atoms. The van der Waals surface area contributed by atoms with E-state index in [1.54, 1.807) is 24.3 Å². The van der Waals surface area contributed by atoms with E-state index in [0.29, 0.717) is 17.8 Å². The van der Waals surface area contributed by atoms with E-state index in [1.165, 1.54) is 17.0 Å². The first kappa shape index (κ1) is 15.2. The molecule has 0 bridgehead atoms. The van der Waals surface area contributed by atoms with E-state index < -0.39 is 0 Å². The number of hydrogen-bond acceptors (Lipinski definition) is 2. The number of nitrogens with zero attached hydrogens (tertiary/aromatic N) is 1. The second-order valence-corrected chi connectivity index (χ2v) is 5.67. The summed E-state index contributed by atoms with van der Waals surface area (Å²) < 4.78 is 13.3. The quantitative estimate of drug-likeness (QED) is 0.947. The fourth-order valence-corrected chi connectivity index (χ4v) is 2.79. The topological polar surface area (TPSA) is 49.4 Å². The Morgan fingerprint density at radius 2 is 2.00 bits per heavy atom. The molecular formula is C18H17FN2O2. The first-order valence-electron chi connectivity index (χ1n) is 7.47. The molecule has 1 fully saturated rings. The Hall–Kier alpha value is -2.69. The second-order valence-electron chi connectivity index (χ2n) is 5.67. The van der Waals surface area contributed by atoms with Crippen LogP contribution in [0, 0.1) is 12.7 Å². The highest BCUT2D eigenvalue weighted by Gasteiger charge is 2.32. The fourth-order valence-electron chi connectivity index (χ4n) is 2.79. The van der Waals surface area contributed by atoms with Gasteiger partial charge in [0.15, 0.2) is 0 Å². The Balaban J connectivity index is 1.71. The minimum absolute atomic E-state index is 0.120. The number of benzene rings is 2. The van der Waals surface area contributed by atoms with Gasteiger partial charge in [-0.05, 0) is 36.8 Å². The zero-order chi connectivity index (χ0) is 16.4. The number of carbonyl (C=O) groups excluding carboxylic acids is 2. The molecule has 1 saturated heterocycles. The van der Waals surface area contributed by atoms with E-state index in [-0.39, 0.29) is 30.1 Å². The molecule has 0 aliphatic carbocycles. The Morgan fingerprint density at radius 1 is 1.22 bits per heavy atom. The van der Waals surface area contributed by atoms with Crippen LogP contribution in [0.1, 0.15) is 22.3 Å². The SMILES string of the molecule is Cc1ccccc1C(=O)N[C@H]1CC(=O)N(c2cccc(F)c2)C1. The number of hydrogen-bond donors (Lipinski definition) is 1. The van der Waals surface area contributed by atoms with Gasteiger partial charge in [-0.1, -0.05) is 24.3 Å². The number of rotatable bonds is 3. The Morgan fingerprint density at radius 3 is 2.74 bits per heavy atom. The van der Waals surface area contributed by atoms with Gasteiger partial charge in [0.05, 0.1) is 6.04 Å². The van der Waals surface area contributed by atoms with Crippen molar-refractivity contribution >= 4 is 17.5 Å². The van der Waals surface area contributed by atoms with Crippen LogP contribution < -0.4 is 10.2 Å². The van der Waals surface area contributed by atoms with Crippen LogP contribution >= 0.6 is 0 Å². The number of amides is 2. The minimum atomic E-state index is -0.386. The van der Waals surface area contributed by atoms with E-state index in [4.69, 9.17) is 0 Å². The monoisotopic (exact) mass is 312 g/mol. The average Bonchev–Trinajstić information content (AvgIpc) is 2.88. The van der Waals surface area contributed by atoms with Crippen LogP contribution in [-0.2, 0) is 4.79 Å². The van der Waals surface area contributed by atoms with E-state index in [2.05, 4.69) is 5.32 Å². The van der Waals surface area contributed by atoms with Crippen LogP contribution in [0.25, 0.3) is 0 Å². The van der Waals surface area contributed by atoms with Crippen molar-refractivity contribution in [2.24, 2.45) is 0 Å². The minimum Gasteiger partial charge on any atom is -0.347 e. The van der Waals surface area contributed by atoms with Crippen LogP contribution in [0.5, 0.6) is 0 Å². The van der Waals surface area contributed by atoms with E-state index in [0.717, 1.165) is 5.56 Å². The van der Waals surface area contributed by atoms with Crippen LogP contribution in [0.15, 0.2) is 48.5 Å². The van der Waals surface area contributed by atoms with Crippen molar-refractivity contribution in [3.63, 3.8) is 0 Å². The fraction of sp³-hybridized carbons (Fsp3) is 0.222. The van der Waals surface area contributed by atoms with Crippen molar-refractivity contribution < 1.29 is 14.0 Å². The molecular weight excluding hydrogens is 295 g/mol. The molecule has 1 atom stereocenters.